The minimum absolute atomic E-state index is 0.103. The third-order valence-electron chi connectivity index (χ3n) is 3.83. The van der Waals surface area contributed by atoms with Crippen molar-refractivity contribution < 1.29 is 19.3 Å². The van der Waals surface area contributed by atoms with E-state index in [-0.39, 0.29) is 23.2 Å². The molecule has 10 heteroatoms. The average Bonchev–Trinajstić information content (AvgIpc) is 3.09. The normalized spacial score (nSPS) is 13.9. The predicted molar refractivity (Wildman–Crippen MR) is 98.1 cm³/mol. The Hall–Kier alpha value is -2.33. The van der Waals surface area contributed by atoms with Gasteiger partial charge in [-0.25, -0.2) is 9.02 Å². The lowest BCUT2D eigenvalue weighted by atomic mass is 9.89. The summed E-state index contributed by atoms with van der Waals surface area (Å²) in [6, 6.07) is 5.02. The first kappa shape index (κ1) is 20.0. The summed E-state index contributed by atoms with van der Waals surface area (Å²) in [7, 11) is 0. The predicted octanol–water partition coefficient (Wildman–Crippen LogP) is 1.61. The van der Waals surface area contributed by atoms with Crippen LogP contribution in [0.2, 0.25) is 0 Å². The summed E-state index contributed by atoms with van der Waals surface area (Å²) in [6.45, 7) is 0.292. The molecule has 1 aliphatic carbocycles. The molecule has 0 fully saturated rings. The molecule has 2 aromatic rings. The van der Waals surface area contributed by atoms with Gasteiger partial charge < -0.3 is 21.4 Å². The van der Waals surface area contributed by atoms with Crippen molar-refractivity contribution in [2.75, 3.05) is 23.9 Å². The number of aryl methyl sites for hydroxylation is 2. The fourth-order valence-corrected chi connectivity index (χ4v) is 2.76. The van der Waals surface area contributed by atoms with Crippen LogP contribution in [-0.2, 0) is 12.8 Å². The fraction of sp³-hybridized carbons (Fsp3) is 0.438. The Morgan fingerprint density at radius 2 is 2.19 bits per heavy atom. The van der Waals surface area contributed by atoms with Crippen molar-refractivity contribution in [3.63, 3.8) is 0 Å². The Morgan fingerprint density at radius 3 is 2.77 bits per heavy atom. The van der Waals surface area contributed by atoms with E-state index in [1.54, 1.807) is 17.8 Å². The van der Waals surface area contributed by atoms with Crippen LogP contribution >= 0.6 is 11.8 Å². The van der Waals surface area contributed by atoms with Crippen LogP contribution in [0.15, 0.2) is 28.0 Å². The zero-order valence-corrected chi connectivity index (χ0v) is 15.2. The van der Waals surface area contributed by atoms with Gasteiger partial charge in [0.05, 0.1) is 6.10 Å². The van der Waals surface area contributed by atoms with Gasteiger partial charge >= 0.3 is 0 Å². The SMILES string of the molecule is CSCCC(O)CNc1nonc1/C(N)=N\O.Fc1ccc2c(c1)CC2. The maximum Gasteiger partial charge on any atom is 0.202 e. The van der Waals surface area contributed by atoms with Gasteiger partial charge in [0.15, 0.2) is 11.5 Å². The van der Waals surface area contributed by atoms with Gasteiger partial charge in [0, 0.05) is 6.54 Å². The lowest BCUT2D eigenvalue weighted by Crippen LogP contribution is -2.22. The van der Waals surface area contributed by atoms with Gasteiger partial charge in [-0.1, -0.05) is 11.2 Å². The molecular formula is C16H22FN5O3S. The molecule has 5 N–H and O–H groups in total. The first-order chi connectivity index (χ1) is 12.5. The van der Waals surface area contributed by atoms with Crippen molar-refractivity contribution in [1.29, 1.82) is 0 Å². The minimum Gasteiger partial charge on any atom is -0.409 e. The lowest BCUT2D eigenvalue weighted by molar-refractivity contribution is 0.184. The number of rotatable bonds is 7. The number of hydrogen-bond acceptors (Lipinski definition) is 8. The third-order valence-corrected chi connectivity index (χ3v) is 4.48. The van der Waals surface area contributed by atoms with Crippen molar-refractivity contribution in [2.45, 2.75) is 25.4 Å². The highest BCUT2D eigenvalue weighted by Crippen LogP contribution is 2.22. The maximum atomic E-state index is 12.4. The highest BCUT2D eigenvalue weighted by atomic mass is 32.2. The van der Waals surface area contributed by atoms with Crippen LogP contribution < -0.4 is 11.1 Å². The summed E-state index contributed by atoms with van der Waals surface area (Å²) in [4.78, 5) is 0. The number of nitrogens with one attached hydrogen (secondary N) is 1. The summed E-state index contributed by atoms with van der Waals surface area (Å²) >= 11 is 1.66. The van der Waals surface area contributed by atoms with Gasteiger partial charge in [-0.15, -0.1) is 0 Å². The molecule has 3 rings (SSSR count). The highest BCUT2D eigenvalue weighted by Gasteiger charge is 2.15. The largest absolute Gasteiger partial charge is 0.409 e. The Morgan fingerprint density at radius 1 is 1.42 bits per heavy atom. The van der Waals surface area contributed by atoms with Crippen LogP contribution in [0.4, 0.5) is 10.2 Å². The second-order valence-corrected chi connectivity index (χ2v) is 6.66. The van der Waals surface area contributed by atoms with E-state index in [2.05, 4.69) is 25.4 Å². The van der Waals surface area contributed by atoms with Crippen LogP contribution in [0, 0.1) is 5.82 Å². The van der Waals surface area contributed by atoms with Gasteiger partial charge in [0.25, 0.3) is 0 Å². The molecule has 0 radical (unpaired) electrons. The molecule has 0 amide bonds. The standard InChI is InChI=1S/C8H7F.C8H15N5O3S/c9-8-4-3-6-1-2-7(6)5-8;1-17-3-2-5(14)4-10-8-6(7(9)11-15)12-16-13-8/h3-5H,1-2H2;5,14-15H,2-4H2,1H3,(H2,9,11)(H,10,13). The summed E-state index contributed by atoms with van der Waals surface area (Å²) < 4.78 is 16.8. The van der Waals surface area contributed by atoms with Gasteiger partial charge in [0.1, 0.15) is 5.82 Å². The molecule has 142 valence electrons. The van der Waals surface area contributed by atoms with Crippen LogP contribution in [0.5, 0.6) is 0 Å². The van der Waals surface area contributed by atoms with E-state index in [1.165, 1.54) is 17.2 Å². The smallest absolute Gasteiger partial charge is 0.202 e. The van der Waals surface area contributed by atoms with Crippen molar-refractivity contribution in [2.24, 2.45) is 10.9 Å². The van der Waals surface area contributed by atoms with Gasteiger partial charge in [0.2, 0.25) is 5.82 Å². The molecule has 0 saturated carbocycles. The van der Waals surface area contributed by atoms with E-state index in [9.17, 15) is 9.50 Å². The first-order valence-corrected chi connectivity index (χ1v) is 9.43. The molecule has 1 aromatic heterocycles. The van der Waals surface area contributed by atoms with Gasteiger partial charge in [-0.2, -0.15) is 11.8 Å². The van der Waals surface area contributed by atoms with E-state index >= 15 is 0 Å². The molecule has 1 atom stereocenters. The van der Waals surface area contributed by atoms with Crippen molar-refractivity contribution in [3.05, 3.63) is 40.8 Å². The lowest BCUT2D eigenvalue weighted by Gasteiger charge is -2.17. The highest BCUT2D eigenvalue weighted by molar-refractivity contribution is 7.98. The second kappa shape index (κ2) is 9.97. The molecule has 0 saturated heterocycles. The van der Waals surface area contributed by atoms with Gasteiger partial charge in [-0.05, 0) is 64.8 Å². The molecule has 0 bridgehead atoms. The zero-order valence-electron chi connectivity index (χ0n) is 14.4. The summed E-state index contributed by atoms with van der Waals surface area (Å²) in [5, 5.41) is 30.7. The second-order valence-electron chi connectivity index (χ2n) is 5.68. The molecular weight excluding hydrogens is 361 g/mol. The van der Waals surface area contributed by atoms with Crippen LogP contribution in [-0.4, -0.2) is 51.1 Å². The summed E-state index contributed by atoms with van der Waals surface area (Å²) in [5.41, 5.74) is 7.98. The zero-order chi connectivity index (χ0) is 18.9. The number of benzene rings is 1. The Labute approximate surface area is 154 Å². The van der Waals surface area contributed by atoms with Crippen LogP contribution in [0.1, 0.15) is 23.2 Å². The number of nitrogens with zero attached hydrogens (tertiary/aromatic N) is 3. The third kappa shape index (κ3) is 5.60. The number of fused-ring (bicyclic) bond motifs is 1. The van der Waals surface area contributed by atoms with E-state index < -0.39 is 6.10 Å². The average molecular weight is 383 g/mol. The van der Waals surface area contributed by atoms with E-state index in [0.717, 1.165) is 18.6 Å². The molecule has 0 aliphatic heterocycles. The molecule has 1 heterocycles. The van der Waals surface area contributed by atoms with Crippen LogP contribution in [0.25, 0.3) is 0 Å². The number of aliphatic hydroxyl groups excluding tert-OH is 1. The Balaban J connectivity index is 0.000000223. The number of halogens is 1. The first-order valence-electron chi connectivity index (χ1n) is 8.03. The molecule has 26 heavy (non-hydrogen) atoms. The number of aromatic nitrogens is 2. The van der Waals surface area contributed by atoms with Crippen molar-refractivity contribution >= 4 is 23.4 Å². The molecule has 0 spiro atoms. The van der Waals surface area contributed by atoms with Gasteiger partial charge in [-0.3, -0.25) is 0 Å². The number of thioether (sulfide) groups is 1. The molecule has 8 nitrogen and oxygen atoms in total. The molecule has 1 unspecified atom stereocenters. The monoisotopic (exact) mass is 383 g/mol. The Kier molecular flexibility index (Phi) is 7.67. The quantitative estimate of drug-likeness (QED) is 0.246. The fourth-order valence-electron chi connectivity index (χ4n) is 2.25. The van der Waals surface area contributed by atoms with E-state index in [4.69, 9.17) is 10.9 Å². The van der Waals surface area contributed by atoms with Crippen molar-refractivity contribution in [1.82, 2.24) is 10.3 Å². The number of amidine groups is 1. The Bertz CT molecular complexity index is 740. The van der Waals surface area contributed by atoms with Crippen molar-refractivity contribution in [3.8, 4) is 0 Å². The number of aliphatic hydroxyl groups is 1. The number of oxime groups is 1. The number of hydrogen-bond donors (Lipinski definition) is 4. The molecule has 1 aliphatic rings. The molecule has 1 aromatic carbocycles. The number of anilines is 1. The summed E-state index contributed by atoms with van der Waals surface area (Å²) in [5.74, 6) is 0.803. The van der Waals surface area contributed by atoms with E-state index in [0.29, 0.717) is 13.0 Å². The maximum absolute atomic E-state index is 12.4. The summed E-state index contributed by atoms with van der Waals surface area (Å²) in [6.07, 6.45) is 4.33. The topological polar surface area (TPSA) is 130 Å². The van der Waals surface area contributed by atoms with E-state index in [1.807, 2.05) is 12.3 Å². The van der Waals surface area contributed by atoms with Crippen LogP contribution in [0.3, 0.4) is 0 Å². The minimum atomic E-state index is -0.501. The number of nitrogens with two attached hydrogens (primary N) is 1.